The molecule has 0 spiro atoms. The van der Waals surface area contributed by atoms with Crippen molar-refractivity contribution in [2.24, 2.45) is 0 Å². The van der Waals surface area contributed by atoms with E-state index in [4.69, 9.17) is 23.2 Å². The maximum atomic E-state index is 10.9. The minimum absolute atomic E-state index is 0.205. The van der Waals surface area contributed by atoms with Gasteiger partial charge in [0.05, 0.1) is 17.2 Å². The van der Waals surface area contributed by atoms with Gasteiger partial charge >= 0.3 is 5.97 Å². The largest absolute Gasteiger partial charge is 0.456 e. The second-order valence-electron chi connectivity index (χ2n) is 2.46. The smallest absolute Gasteiger partial charge is 0.384 e. The van der Waals surface area contributed by atoms with Crippen molar-refractivity contribution < 1.29 is 9.53 Å². The van der Waals surface area contributed by atoms with Crippen molar-refractivity contribution in [2.75, 3.05) is 6.61 Å². The van der Waals surface area contributed by atoms with E-state index in [-0.39, 0.29) is 11.8 Å². The number of nitrogens with zero attached hydrogens (tertiary/aromatic N) is 1. The van der Waals surface area contributed by atoms with E-state index in [1.165, 1.54) is 12.3 Å². The highest BCUT2D eigenvalue weighted by molar-refractivity contribution is 6.32. The van der Waals surface area contributed by atoms with Gasteiger partial charge in [-0.05, 0) is 13.0 Å². The first-order valence-electron chi connectivity index (χ1n) is 4.13. The summed E-state index contributed by atoms with van der Waals surface area (Å²) in [6, 6.07) is 1.53. The number of aromatic nitrogens is 1. The van der Waals surface area contributed by atoms with E-state index in [2.05, 4.69) is 21.6 Å². The number of carbonyl (C=O) groups excluding carboxylic acids is 1. The Labute approximate surface area is 97.4 Å². The highest BCUT2D eigenvalue weighted by atomic mass is 35.5. The molecule has 0 unspecified atom stereocenters. The maximum absolute atomic E-state index is 10.9. The van der Waals surface area contributed by atoms with Crippen LogP contribution in [-0.2, 0) is 9.53 Å². The molecule has 0 amide bonds. The van der Waals surface area contributed by atoms with E-state index in [9.17, 15) is 4.79 Å². The third-order valence-electron chi connectivity index (χ3n) is 1.38. The van der Waals surface area contributed by atoms with Crippen LogP contribution < -0.4 is 0 Å². The normalized spacial score (nSPS) is 9.00. The second kappa shape index (κ2) is 5.59. The van der Waals surface area contributed by atoms with E-state index in [1.54, 1.807) is 6.92 Å². The monoisotopic (exact) mass is 243 g/mol. The molecule has 0 aliphatic carbocycles. The number of hydrogen-bond donors (Lipinski definition) is 0. The average Bonchev–Trinajstić information content (AvgIpc) is 2.20. The number of halogens is 2. The van der Waals surface area contributed by atoms with Crippen LogP contribution >= 0.6 is 23.2 Å². The van der Waals surface area contributed by atoms with Crippen LogP contribution in [0.25, 0.3) is 0 Å². The molecule has 0 atom stereocenters. The summed E-state index contributed by atoms with van der Waals surface area (Å²) in [5, 5.41) is 0.615. The number of rotatable bonds is 1. The first kappa shape index (κ1) is 11.8. The van der Waals surface area contributed by atoms with Gasteiger partial charge in [-0.3, -0.25) is 0 Å². The first-order chi connectivity index (χ1) is 7.13. The van der Waals surface area contributed by atoms with Gasteiger partial charge in [0.2, 0.25) is 0 Å². The van der Waals surface area contributed by atoms with Crippen LogP contribution in [0.3, 0.4) is 0 Å². The molecule has 15 heavy (non-hydrogen) atoms. The Balaban J connectivity index is 2.88. The molecular weight excluding hydrogens is 237 g/mol. The van der Waals surface area contributed by atoms with Gasteiger partial charge in [0, 0.05) is 12.1 Å². The zero-order chi connectivity index (χ0) is 11.3. The van der Waals surface area contributed by atoms with E-state index in [0.29, 0.717) is 10.6 Å². The summed E-state index contributed by atoms with van der Waals surface area (Å²) in [4.78, 5) is 14.7. The lowest BCUT2D eigenvalue weighted by Crippen LogP contribution is -1.99. The van der Waals surface area contributed by atoms with Crippen molar-refractivity contribution in [3.63, 3.8) is 0 Å². The van der Waals surface area contributed by atoms with Crippen LogP contribution in [-0.4, -0.2) is 17.6 Å². The van der Waals surface area contributed by atoms with Crippen LogP contribution in [0.1, 0.15) is 12.5 Å². The quantitative estimate of drug-likeness (QED) is 0.432. The van der Waals surface area contributed by atoms with E-state index >= 15 is 0 Å². The van der Waals surface area contributed by atoms with E-state index in [0.717, 1.165) is 0 Å². The zero-order valence-corrected chi connectivity index (χ0v) is 9.39. The van der Waals surface area contributed by atoms with Crippen LogP contribution in [0, 0.1) is 11.8 Å². The third kappa shape index (κ3) is 3.78. The molecule has 1 aromatic heterocycles. The molecule has 78 valence electrons. The van der Waals surface area contributed by atoms with Crippen molar-refractivity contribution in [1.82, 2.24) is 4.98 Å². The molecule has 0 radical (unpaired) electrons. The van der Waals surface area contributed by atoms with Crippen LogP contribution in [0.2, 0.25) is 10.2 Å². The lowest BCUT2D eigenvalue weighted by molar-refractivity contribution is -0.136. The summed E-state index contributed by atoms with van der Waals surface area (Å²) in [5.74, 6) is 4.21. The van der Waals surface area contributed by atoms with Gasteiger partial charge < -0.3 is 4.74 Å². The van der Waals surface area contributed by atoms with Gasteiger partial charge in [-0.15, -0.1) is 0 Å². The van der Waals surface area contributed by atoms with Gasteiger partial charge in [-0.25, -0.2) is 9.78 Å². The first-order valence-corrected chi connectivity index (χ1v) is 4.89. The molecule has 0 aliphatic heterocycles. The maximum Gasteiger partial charge on any atom is 0.384 e. The molecule has 0 N–H and O–H groups in total. The van der Waals surface area contributed by atoms with E-state index in [1.807, 2.05) is 0 Å². The van der Waals surface area contributed by atoms with Gasteiger partial charge in [0.1, 0.15) is 5.15 Å². The lowest BCUT2D eigenvalue weighted by Gasteiger charge is -1.95. The Hall–Kier alpha value is -1.24. The molecule has 1 rings (SSSR count). The molecule has 0 aliphatic rings. The molecule has 0 saturated heterocycles. The van der Waals surface area contributed by atoms with Crippen LogP contribution in [0.4, 0.5) is 0 Å². The van der Waals surface area contributed by atoms with Gasteiger partial charge in [-0.2, -0.15) is 0 Å². The van der Waals surface area contributed by atoms with Gasteiger partial charge in [0.25, 0.3) is 0 Å². The van der Waals surface area contributed by atoms with Crippen LogP contribution in [0.15, 0.2) is 12.3 Å². The average molecular weight is 244 g/mol. The topological polar surface area (TPSA) is 39.2 Å². The highest BCUT2D eigenvalue weighted by Crippen LogP contribution is 2.16. The Bertz CT molecular complexity index is 435. The van der Waals surface area contributed by atoms with Crippen molar-refractivity contribution in [3.8, 4) is 11.8 Å². The Kier molecular flexibility index (Phi) is 4.41. The number of pyridine rings is 1. The van der Waals surface area contributed by atoms with Crippen molar-refractivity contribution in [2.45, 2.75) is 6.92 Å². The molecular formula is C10H7Cl2NO2. The van der Waals surface area contributed by atoms with Crippen molar-refractivity contribution in [3.05, 3.63) is 28.0 Å². The summed E-state index contributed by atoms with van der Waals surface area (Å²) < 4.78 is 4.62. The third-order valence-corrected chi connectivity index (χ3v) is 1.89. The number of hydrogen-bond acceptors (Lipinski definition) is 3. The highest BCUT2D eigenvalue weighted by Gasteiger charge is 2.00. The second-order valence-corrected chi connectivity index (χ2v) is 3.26. The van der Waals surface area contributed by atoms with Crippen molar-refractivity contribution >= 4 is 29.2 Å². The molecule has 1 aromatic rings. The summed E-state index contributed by atoms with van der Waals surface area (Å²) in [7, 11) is 0. The number of ether oxygens (including phenoxy) is 1. The molecule has 0 aromatic carbocycles. The molecule has 0 saturated carbocycles. The fourth-order valence-electron chi connectivity index (χ4n) is 0.796. The molecule has 5 heteroatoms. The minimum atomic E-state index is -0.603. The minimum Gasteiger partial charge on any atom is -0.456 e. The van der Waals surface area contributed by atoms with Crippen molar-refractivity contribution in [1.29, 1.82) is 0 Å². The Morgan fingerprint density at radius 3 is 3.00 bits per heavy atom. The zero-order valence-electron chi connectivity index (χ0n) is 7.88. The van der Waals surface area contributed by atoms with Gasteiger partial charge in [0.15, 0.2) is 0 Å². The van der Waals surface area contributed by atoms with Gasteiger partial charge in [-0.1, -0.05) is 29.1 Å². The number of esters is 1. The summed E-state index contributed by atoms with van der Waals surface area (Å²) in [6.07, 6.45) is 1.40. The predicted octanol–water partition coefficient (Wildman–Crippen LogP) is 2.30. The van der Waals surface area contributed by atoms with Crippen LogP contribution in [0.5, 0.6) is 0 Å². The fraction of sp³-hybridized carbons (Fsp3) is 0.200. The Morgan fingerprint density at radius 2 is 2.33 bits per heavy atom. The molecule has 3 nitrogen and oxygen atoms in total. The number of carbonyl (C=O) groups is 1. The fourth-order valence-corrected chi connectivity index (χ4v) is 1.10. The molecule has 0 bridgehead atoms. The predicted molar refractivity (Wildman–Crippen MR) is 57.8 cm³/mol. The Morgan fingerprint density at radius 1 is 1.60 bits per heavy atom. The SMILES string of the molecule is CCOC(=O)C#Cc1cc(Cl)cnc1Cl. The molecule has 1 heterocycles. The summed E-state index contributed by atoms with van der Waals surface area (Å²) in [6.45, 7) is 1.99. The summed E-state index contributed by atoms with van der Waals surface area (Å²) in [5.41, 5.74) is 0.400. The molecule has 0 fully saturated rings. The standard InChI is InChI=1S/C10H7Cl2NO2/c1-2-15-9(14)4-3-7-5-8(11)6-13-10(7)12/h5-6H,2H2,1H3. The summed E-state index contributed by atoms with van der Waals surface area (Å²) >= 11 is 11.4. The lowest BCUT2D eigenvalue weighted by atomic mass is 10.3. The van der Waals surface area contributed by atoms with E-state index < -0.39 is 5.97 Å².